The van der Waals surface area contributed by atoms with Crippen LogP contribution in [0.4, 0.5) is 0 Å². The van der Waals surface area contributed by atoms with Crippen LogP contribution in [0.15, 0.2) is 18.2 Å². The van der Waals surface area contributed by atoms with Gasteiger partial charge in [0.1, 0.15) is 5.75 Å². The van der Waals surface area contributed by atoms with Gasteiger partial charge in [-0.2, -0.15) is 0 Å². The van der Waals surface area contributed by atoms with Gasteiger partial charge in [-0.25, -0.2) is 0 Å². The number of hydrogen-bond donors (Lipinski definition) is 2. The van der Waals surface area contributed by atoms with Crippen LogP contribution in [0.1, 0.15) is 43.0 Å². The van der Waals surface area contributed by atoms with Crippen molar-refractivity contribution < 1.29 is 9.53 Å². The molecule has 4 nitrogen and oxygen atoms in total. The Labute approximate surface area is 136 Å². The number of ether oxygens (including phenoxy) is 1. The third-order valence-corrected chi connectivity index (χ3v) is 3.75. The molecule has 0 bridgehead atoms. The number of rotatable bonds is 5. The van der Waals surface area contributed by atoms with E-state index in [1.54, 1.807) is 18.2 Å². The lowest BCUT2D eigenvalue weighted by Crippen LogP contribution is -2.38. The predicted octanol–water partition coefficient (Wildman–Crippen LogP) is 3.16. The minimum atomic E-state index is -0.196. The minimum absolute atomic E-state index is 0. The Balaban J connectivity index is 0.00000220. The monoisotopic (exact) mass is 332 g/mol. The summed E-state index contributed by atoms with van der Waals surface area (Å²) in [6, 6.07) is 5.07. The van der Waals surface area contributed by atoms with E-state index in [-0.39, 0.29) is 30.5 Å². The van der Waals surface area contributed by atoms with Crippen LogP contribution >= 0.6 is 24.0 Å². The van der Waals surface area contributed by atoms with Crippen LogP contribution in [0.3, 0.4) is 0 Å². The van der Waals surface area contributed by atoms with Gasteiger partial charge >= 0.3 is 0 Å². The highest BCUT2D eigenvalue weighted by molar-refractivity contribution is 6.31. The van der Waals surface area contributed by atoms with Crippen LogP contribution in [-0.4, -0.2) is 24.6 Å². The van der Waals surface area contributed by atoms with E-state index in [4.69, 9.17) is 22.1 Å². The molecule has 21 heavy (non-hydrogen) atoms. The van der Waals surface area contributed by atoms with Gasteiger partial charge in [0.2, 0.25) is 0 Å². The molecule has 118 valence electrons. The molecule has 1 saturated carbocycles. The molecule has 1 atom stereocenters. The maximum Gasteiger partial charge on any atom is 0.255 e. The van der Waals surface area contributed by atoms with Gasteiger partial charge in [-0.1, -0.05) is 11.6 Å². The Morgan fingerprint density at radius 3 is 2.76 bits per heavy atom. The third kappa shape index (κ3) is 5.06. The molecule has 0 heterocycles. The SMILES string of the molecule is C[C@@H](CN)NC(=O)c1cc(Cl)ccc1OC1CCCC1.Cl. The number of amides is 1. The predicted molar refractivity (Wildman–Crippen MR) is 87.6 cm³/mol. The molecule has 1 aliphatic carbocycles. The van der Waals surface area contributed by atoms with Gasteiger partial charge in [-0.3, -0.25) is 4.79 Å². The summed E-state index contributed by atoms with van der Waals surface area (Å²) in [5, 5.41) is 3.36. The molecule has 1 fully saturated rings. The highest BCUT2D eigenvalue weighted by Gasteiger charge is 2.21. The zero-order chi connectivity index (χ0) is 14.5. The Morgan fingerprint density at radius 1 is 1.48 bits per heavy atom. The normalized spacial score (nSPS) is 16.1. The molecule has 1 amide bonds. The highest BCUT2D eigenvalue weighted by Crippen LogP contribution is 2.28. The van der Waals surface area contributed by atoms with Crippen molar-refractivity contribution in [1.29, 1.82) is 0 Å². The fourth-order valence-corrected chi connectivity index (χ4v) is 2.50. The molecule has 6 heteroatoms. The maximum absolute atomic E-state index is 12.3. The average Bonchev–Trinajstić information content (AvgIpc) is 2.93. The van der Waals surface area contributed by atoms with Crippen LogP contribution in [0.25, 0.3) is 0 Å². The molecule has 0 aliphatic heterocycles. The molecule has 1 aliphatic rings. The first-order valence-corrected chi connectivity index (χ1v) is 7.45. The summed E-state index contributed by atoms with van der Waals surface area (Å²) in [4.78, 5) is 12.3. The quantitative estimate of drug-likeness (QED) is 0.870. The first-order chi connectivity index (χ1) is 9.60. The Morgan fingerprint density at radius 2 is 2.14 bits per heavy atom. The second-order valence-corrected chi connectivity index (χ2v) is 5.71. The molecule has 0 unspecified atom stereocenters. The summed E-state index contributed by atoms with van der Waals surface area (Å²) in [5.74, 6) is 0.404. The van der Waals surface area contributed by atoms with Crippen molar-refractivity contribution >= 4 is 29.9 Å². The first-order valence-electron chi connectivity index (χ1n) is 7.07. The average molecular weight is 333 g/mol. The Hall–Kier alpha value is -0.970. The zero-order valence-electron chi connectivity index (χ0n) is 12.1. The summed E-state index contributed by atoms with van der Waals surface area (Å²) in [7, 11) is 0. The summed E-state index contributed by atoms with van der Waals surface area (Å²) in [6.07, 6.45) is 4.66. The minimum Gasteiger partial charge on any atom is -0.490 e. The molecule has 0 spiro atoms. The number of hydrogen-bond acceptors (Lipinski definition) is 3. The molecule has 2 rings (SSSR count). The third-order valence-electron chi connectivity index (χ3n) is 3.51. The van der Waals surface area contributed by atoms with E-state index in [2.05, 4.69) is 5.32 Å². The van der Waals surface area contributed by atoms with Crippen LogP contribution in [0.5, 0.6) is 5.75 Å². The number of benzene rings is 1. The van der Waals surface area contributed by atoms with Crippen molar-refractivity contribution in [3.63, 3.8) is 0 Å². The largest absolute Gasteiger partial charge is 0.490 e. The molecule has 0 saturated heterocycles. The van der Waals surface area contributed by atoms with Crippen molar-refractivity contribution in [3.8, 4) is 5.75 Å². The summed E-state index contributed by atoms with van der Waals surface area (Å²) in [5.41, 5.74) is 6.00. The first kappa shape index (κ1) is 18.1. The lowest BCUT2D eigenvalue weighted by molar-refractivity contribution is 0.0934. The standard InChI is InChI=1S/C15H21ClN2O2.ClH/c1-10(9-17)18-15(19)13-8-11(16)6-7-14(13)20-12-4-2-3-5-12;/h6-8,10,12H,2-5,9,17H2,1H3,(H,18,19);1H/t10-;/m0./s1. The van der Waals surface area contributed by atoms with Crippen molar-refractivity contribution in [2.45, 2.75) is 44.8 Å². The van der Waals surface area contributed by atoms with Crippen LogP contribution in [0, 0.1) is 0 Å². The van der Waals surface area contributed by atoms with E-state index in [1.807, 2.05) is 6.92 Å². The van der Waals surface area contributed by atoms with Gasteiger partial charge < -0.3 is 15.8 Å². The van der Waals surface area contributed by atoms with Crippen LogP contribution in [-0.2, 0) is 0 Å². The summed E-state index contributed by atoms with van der Waals surface area (Å²) < 4.78 is 5.95. The summed E-state index contributed by atoms with van der Waals surface area (Å²) >= 11 is 5.99. The van der Waals surface area contributed by atoms with E-state index >= 15 is 0 Å². The van der Waals surface area contributed by atoms with Gasteiger partial charge in [0.25, 0.3) is 5.91 Å². The Kier molecular flexibility index (Phi) is 7.29. The maximum atomic E-state index is 12.3. The molecule has 0 aromatic heterocycles. The van der Waals surface area contributed by atoms with Gasteiger partial charge in [-0.05, 0) is 50.8 Å². The fraction of sp³-hybridized carbons (Fsp3) is 0.533. The number of carbonyl (C=O) groups is 1. The van der Waals surface area contributed by atoms with Crippen molar-refractivity contribution in [2.75, 3.05) is 6.54 Å². The van der Waals surface area contributed by atoms with Gasteiger partial charge in [0, 0.05) is 17.6 Å². The number of nitrogens with two attached hydrogens (primary N) is 1. The van der Waals surface area contributed by atoms with E-state index in [0.29, 0.717) is 22.9 Å². The molecule has 3 N–H and O–H groups in total. The zero-order valence-corrected chi connectivity index (χ0v) is 13.7. The molecular formula is C15H22Cl2N2O2. The van der Waals surface area contributed by atoms with E-state index < -0.39 is 0 Å². The smallest absolute Gasteiger partial charge is 0.255 e. The summed E-state index contributed by atoms with van der Waals surface area (Å²) in [6.45, 7) is 2.26. The van der Waals surface area contributed by atoms with Gasteiger partial charge in [0.05, 0.1) is 11.7 Å². The van der Waals surface area contributed by atoms with E-state index in [1.165, 1.54) is 12.8 Å². The molecular weight excluding hydrogens is 311 g/mol. The second-order valence-electron chi connectivity index (χ2n) is 5.28. The molecule has 1 aromatic rings. The van der Waals surface area contributed by atoms with Crippen molar-refractivity contribution in [1.82, 2.24) is 5.32 Å². The van der Waals surface area contributed by atoms with E-state index in [0.717, 1.165) is 12.8 Å². The topological polar surface area (TPSA) is 64.3 Å². The second kappa shape index (κ2) is 8.47. The fourth-order valence-electron chi connectivity index (χ4n) is 2.33. The van der Waals surface area contributed by atoms with E-state index in [9.17, 15) is 4.79 Å². The molecule has 0 radical (unpaired) electrons. The lowest BCUT2D eigenvalue weighted by Gasteiger charge is -2.18. The van der Waals surface area contributed by atoms with Gasteiger partial charge in [-0.15, -0.1) is 12.4 Å². The van der Waals surface area contributed by atoms with Gasteiger partial charge in [0.15, 0.2) is 0 Å². The van der Waals surface area contributed by atoms with Crippen molar-refractivity contribution in [2.24, 2.45) is 5.73 Å². The van der Waals surface area contributed by atoms with Crippen LogP contribution in [0.2, 0.25) is 5.02 Å². The highest BCUT2D eigenvalue weighted by atomic mass is 35.5. The Bertz CT molecular complexity index is 477. The molecule has 1 aromatic carbocycles. The number of carbonyl (C=O) groups excluding carboxylic acids is 1. The number of nitrogens with one attached hydrogen (secondary N) is 1. The lowest BCUT2D eigenvalue weighted by atomic mass is 10.1. The number of halogens is 2. The van der Waals surface area contributed by atoms with Crippen molar-refractivity contribution in [3.05, 3.63) is 28.8 Å². The van der Waals surface area contributed by atoms with Crippen LogP contribution < -0.4 is 15.8 Å².